The van der Waals surface area contributed by atoms with Crippen LogP contribution in [0.5, 0.6) is 0 Å². The number of rotatable bonds is 3. The average molecular weight is 194 g/mol. The molecule has 0 radical (unpaired) electrons. The van der Waals surface area contributed by atoms with Gasteiger partial charge in [-0.1, -0.05) is 6.92 Å². The van der Waals surface area contributed by atoms with Gasteiger partial charge in [0.05, 0.1) is 0 Å². The number of likely N-dealkylation sites (tertiary alicyclic amines) is 1. The molecule has 0 aromatic rings. The SMILES string of the molecule is CC(CN1CC2CCC1C2)C1CNC1. The lowest BCUT2D eigenvalue weighted by Gasteiger charge is -2.37. The highest BCUT2D eigenvalue weighted by Crippen LogP contribution is 2.38. The van der Waals surface area contributed by atoms with Crippen molar-refractivity contribution in [2.24, 2.45) is 17.8 Å². The first kappa shape index (κ1) is 9.17. The Kier molecular flexibility index (Phi) is 2.29. The fourth-order valence-electron chi connectivity index (χ4n) is 3.48. The van der Waals surface area contributed by atoms with E-state index in [9.17, 15) is 0 Å². The summed E-state index contributed by atoms with van der Waals surface area (Å²) in [7, 11) is 0. The number of piperidine rings is 1. The molecule has 2 aliphatic heterocycles. The Balaban J connectivity index is 1.52. The zero-order valence-electron chi connectivity index (χ0n) is 9.21. The fourth-order valence-corrected chi connectivity index (χ4v) is 3.48. The molecule has 3 atom stereocenters. The molecule has 2 nitrogen and oxygen atoms in total. The molecule has 3 aliphatic rings. The molecule has 14 heavy (non-hydrogen) atoms. The topological polar surface area (TPSA) is 15.3 Å². The minimum absolute atomic E-state index is 0.913. The van der Waals surface area contributed by atoms with Gasteiger partial charge >= 0.3 is 0 Å². The summed E-state index contributed by atoms with van der Waals surface area (Å²) in [5, 5.41) is 3.38. The summed E-state index contributed by atoms with van der Waals surface area (Å²) in [5.74, 6) is 2.94. The molecule has 3 fully saturated rings. The number of hydrogen-bond donors (Lipinski definition) is 1. The zero-order chi connectivity index (χ0) is 9.54. The molecule has 1 saturated carbocycles. The minimum atomic E-state index is 0.913. The Labute approximate surface area is 87.0 Å². The minimum Gasteiger partial charge on any atom is -0.316 e. The van der Waals surface area contributed by atoms with Gasteiger partial charge in [-0.3, -0.25) is 4.90 Å². The summed E-state index contributed by atoms with van der Waals surface area (Å²) in [6.45, 7) is 7.76. The van der Waals surface area contributed by atoms with Crippen LogP contribution in [-0.4, -0.2) is 37.1 Å². The third-order valence-corrected chi connectivity index (χ3v) is 4.66. The number of fused-ring (bicyclic) bond motifs is 2. The normalized spacial score (nSPS) is 40.1. The largest absolute Gasteiger partial charge is 0.316 e. The van der Waals surface area contributed by atoms with Gasteiger partial charge < -0.3 is 5.32 Å². The Hall–Kier alpha value is -0.0800. The number of hydrogen-bond acceptors (Lipinski definition) is 2. The molecule has 3 unspecified atom stereocenters. The summed E-state index contributed by atoms with van der Waals surface area (Å²) in [6, 6.07) is 0.968. The molecule has 1 aliphatic carbocycles. The van der Waals surface area contributed by atoms with Crippen LogP contribution in [0.3, 0.4) is 0 Å². The second-order valence-electron chi connectivity index (χ2n) is 5.68. The van der Waals surface area contributed by atoms with Crippen LogP contribution in [0.2, 0.25) is 0 Å². The smallest absolute Gasteiger partial charge is 0.00987 e. The first-order valence-corrected chi connectivity index (χ1v) is 6.27. The Bertz CT molecular complexity index is 212. The molecule has 3 rings (SSSR count). The highest BCUT2D eigenvalue weighted by Gasteiger charge is 2.38. The van der Waals surface area contributed by atoms with Gasteiger partial charge in [0.1, 0.15) is 0 Å². The summed E-state index contributed by atoms with van der Waals surface area (Å²) in [6.07, 6.45) is 4.51. The lowest BCUT2D eigenvalue weighted by molar-refractivity contribution is 0.139. The molecule has 0 aromatic heterocycles. The van der Waals surface area contributed by atoms with Crippen LogP contribution >= 0.6 is 0 Å². The Morgan fingerprint density at radius 2 is 2.21 bits per heavy atom. The summed E-state index contributed by atoms with van der Waals surface area (Å²) in [4.78, 5) is 2.77. The van der Waals surface area contributed by atoms with E-state index in [1.54, 1.807) is 0 Å². The second-order valence-corrected chi connectivity index (χ2v) is 5.68. The molecule has 0 amide bonds. The molecule has 80 valence electrons. The maximum absolute atomic E-state index is 3.38. The molecule has 0 aromatic carbocycles. The quantitative estimate of drug-likeness (QED) is 0.729. The van der Waals surface area contributed by atoms with Gasteiger partial charge in [-0.25, -0.2) is 0 Å². The van der Waals surface area contributed by atoms with E-state index in [-0.39, 0.29) is 0 Å². The predicted molar refractivity (Wildman–Crippen MR) is 58.2 cm³/mol. The van der Waals surface area contributed by atoms with Crippen molar-refractivity contribution in [3.63, 3.8) is 0 Å². The molecule has 2 heteroatoms. The van der Waals surface area contributed by atoms with E-state index in [1.807, 2.05) is 0 Å². The van der Waals surface area contributed by atoms with Crippen molar-refractivity contribution in [1.29, 1.82) is 0 Å². The van der Waals surface area contributed by atoms with E-state index in [1.165, 1.54) is 45.4 Å². The molecule has 0 spiro atoms. The van der Waals surface area contributed by atoms with E-state index >= 15 is 0 Å². The highest BCUT2D eigenvalue weighted by atomic mass is 15.2. The van der Waals surface area contributed by atoms with Gasteiger partial charge in [0, 0.05) is 19.1 Å². The van der Waals surface area contributed by atoms with Crippen LogP contribution in [0.1, 0.15) is 26.2 Å². The average Bonchev–Trinajstić information content (AvgIpc) is 2.60. The monoisotopic (exact) mass is 194 g/mol. The van der Waals surface area contributed by atoms with Crippen molar-refractivity contribution in [2.45, 2.75) is 32.2 Å². The van der Waals surface area contributed by atoms with Crippen LogP contribution in [0.15, 0.2) is 0 Å². The van der Waals surface area contributed by atoms with Gasteiger partial charge in [0.2, 0.25) is 0 Å². The lowest BCUT2D eigenvalue weighted by atomic mass is 9.88. The molecule has 2 bridgehead atoms. The molecular formula is C12H22N2. The third kappa shape index (κ3) is 1.49. The third-order valence-electron chi connectivity index (χ3n) is 4.66. The molecule has 2 heterocycles. The van der Waals surface area contributed by atoms with E-state index < -0.39 is 0 Å². The van der Waals surface area contributed by atoms with Crippen molar-refractivity contribution in [3.8, 4) is 0 Å². The van der Waals surface area contributed by atoms with Crippen molar-refractivity contribution in [3.05, 3.63) is 0 Å². The second kappa shape index (κ2) is 3.49. The standard InChI is InChI=1S/C12H22N2/c1-9(11-5-13-6-11)7-14-8-10-2-3-12(14)4-10/h9-13H,2-8H2,1H3. The number of nitrogens with zero attached hydrogens (tertiary/aromatic N) is 1. The number of nitrogens with one attached hydrogen (secondary N) is 1. The van der Waals surface area contributed by atoms with E-state index in [4.69, 9.17) is 0 Å². The van der Waals surface area contributed by atoms with Crippen LogP contribution in [-0.2, 0) is 0 Å². The van der Waals surface area contributed by atoms with Crippen LogP contribution < -0.4 is 5.32 Å². The predicted octanol–water partition coefficient (Wildman–Crippen LogP) is 1.33. The Morgan fingerprint density at radius 1 is 1.36 bits per heavy atom. The van der Waals surface area contributed by atoms with Crippen molar-refractivity contribution >= 4 is 0 Å². The van der Waals surface area contributed by atoms with Crippen molar-refractivity contribution < 1.29 is 0 Å². The van der Waals surface area contributed by atoms with Gasteiger partial charge in [-0.05, 0) is 50.1 Å². The Morgan fingerprint density at radius 3 is 2.71 bits per heavy atom. The maximum Gasteiger partial charge on any atom is 0.00987 e. The van der Waals surface area contributed by atoms with E-state index in [0.717, 1.165) is 23.8 Å². The van der Waals surface area contributed by atoms with Crippen molar-refractivity contribution in [2.75, 3.05) is 26.2 Å². The summed E-state index contributed by atoms with van der Waals surface area (Å²) in [5.41, 5.74) is 0. The van der Waals surface area contributed by atoms with Gasteiger partial charge in [0.15, 0.2) is 0 Å². The van der Waals surface area contributed by atoms with E-state index in [0.29, 0.717) is 0 Å². The highest BCUT2D eigenvalue weighted by molar-refractivity contribution is 4.93. The first-order chi connectivity index (χ1) is 6.83. The molecule has 1 N–H and O–H groups in total. The molecule has 2 saturated heterocycles. The van der Waals surface area contributed by atoms with Gasteiger partial charge in [-0.2, -0.15) is 0 Å². The zero-order valence-corrected chi connectivity index (χ0v) is 9.21. The van der Waals surface area contributed by atoms with Crippen molar-refractivity contribution in [1.82, 2.24) is 10.2 Å². The first-order valence-electron chi connectivity index (χ1n) is 6.27. The van der Waals surface area contributed by atoms with Gasteiger partial charge in [0.25, 0.3) is 0 Å². The van der Waals surface area contributed by atoms with Gasteiger partial charge in [-0.15, -0.1) is 0 Å². The summed E-state index contributed by atoms with van der Waals surface area (Å²) < 4.78 is 0. The van der Waals surface area contributed by atoms with Crippen LogP contribution in [0.4, 0.5) is 0 Å². The van der Waals surface area contributed by atoms with E-state index in [2.05, 4.69) is 17.1 Å². The summed E-state index contributed by atoms with van der Waals surface area (Å²) >= 11 is 0. The maximum atomic E-state index is 3.38. The van der Waals surface area contributed by atoms with Crippen LogP contribution in [0.25, 0.3) is 0 Å². The lowest BCUT2D eigenvalue weighted by Crippen LogP contribution is -2.49. The fraction of sp³-hybridized carbons (Fsp3) is 1.00. The van der Waals surface area contributed by atoms with Crippen LogP contribution in [0, 0.1) is 17.8 Å². The molecular weight excluding hydrogens is 172 g/mol.